The first-order valence-electron chi connectivity index (χ1n) is 5.33. The average molecular weight is 309 g/mol. The minimum absolute atomic E-state index is 0.364. The van der Waals surface area contributed by atoms with Gasteiger partial charge in [-0.2, -0.15) is 4.98 Å². The van der Waals surface area contributed by atoms with Crippen LogP contribution < -0.4 is 16.6 Å². The lowest BCUT2D eigenvalue weighted by atomic mass is 10.1. The molecule has 0 fully saturated rings. The lowest BCUT2D eigenvalue weighted by Crippen LogP contribution is -2.12. The molecule has 7 heteroatoms. The third-order valence-electron chi connectivity index (χ3n) is 2.47. The molecular formula is C11H13BrN6. The van der Waals surface area contributed by atoms with E-state index in [1.165, 1.54) is 5.56 Å². The van der Waals surface area contributed by atoms with E-state index in [0.29, 0.717) is 18.3 Å². The van der Waals surface area contributed by atoms with Gasteiger partial charge in [0.2, 0.25) is 5.95 Å². The van der Waals surface area contributed by atoms with E-state index in [1.807, 2.05) is 19.2 Å². The number of hydrogen-bond acceptors (Lipinski definition) is 6. The molecule has 0 atom stereocenters. The van der Waals surface area contributed by atoms with Crippen molar-refractivity contribution >= 4 is 27.7 Å². The highest BCUT2D eigenvalue weighted by Crippen LogP contribution is 2.20. The van der Waals surface area contributed by atoms with Crippen molar-refractivity contribution in [3.8, 4) is 0 Å². The molecule has 0 spiro atoms. The van der Waals surface area contributed by atoms with Crippen molar-refractivity contribution in [1.29, 1.82) is 0 Å². The monoisotopic (exact) mass is 308 g/mol. The van der Waals surface area contributed by atoms with Gasteiger partial charge in [0.1, 0.15) is 5.82 Å². The van der Waals surface area contributed by atoms with Crippen molar-refractivity contribution < 1.29 is 0 Å². The maximum Gasteiger partial charge on any atom is 0.239 e. The van der Waals surface area contributed by atoms with Gasteiger partial charge in [-0.3, -0.25) is 10.4 Å². The Bertz CT molecular complexity index is 545. The number of hydrogen-bond donors (Lipinski definition) is 3. The Labute approximate surface area is 113 Å². The Morgan fingerprint density at radius 2 is 2.22 bits per heavy atom. The van der Waals surface area contributed by atoms with E-state index in [0.717, 1.165) is 10.0 Å². The number of pyridine rings is 1. The summed E-state index contributed by atoms with van der Waals surface area (Å²) in [5.74, 6) is 6.32. The summed E-state index contributed by atoms with van der Waals surface area (Å²) in [6, 6.07) is 1.97. The highest BCUT2D eigenvalue weighted by Gasteiger charge is 2.05. The molecule has 18 heavy (non-hydrogen) atoms. The molecule has 0 unspecified atom stereocenters. The van der Waals surface area contributed by atoms with Gasteiger partial charge in [0.25, 0.3) is 0 Å². The quantitative estimate of drug-likeness (QED) is 0.590. The molecule has 0 amide bonds. The Kier molecular flexibility index (Phi) is 4.06. The number of aryl methyl sites for hydroxylation is 1. The van der Waals surface area contributed by atoms with Gasteiger partial charge in [0.15, 0.2) is 0 Å². The molecule has 4 N–H and O–H groups in total. The number of aromatic nitrogens is 3. The van der Waals surface area contributed by atoms with Gasteiger partial charge in [-0.1, -0.05) is 0 Å². The van der Waals surface area contributed by atoms with Crippen molar-refractivity contribution in [1.82, 2.24) is 15.0 Å². The highest BCUT2D eigenvalue weighted by molar-refractivity contribution is 9.10. The predicted molar refractivity (Wildman–Crippen MR) is 73.8 cm³/mol. The lowest BCUT2D eigenvalue weighted by Gasteiger charge is -2.10. The largest absolute Gasteiger partial charge is 0.365 e. The minimum atomic E-state index is 0.364. The van der Waals surface area contributed by atoms with Gasteiger partial charge >= 0.3 is 0 Å². The minimum Gasteiger partial charge on any atom is -0.365 e. The van der Waals surface area contributed by atoms with E-state index in [2.05, 4.69) is 41.6 Å². The summed E-state index contributed by atoms with van der Waals surface area (Å²) in [5, 5.41) is 3.21. The topological polar surface area (TPSA) is 88.8 Å². The molecule has 0 aliphatic heterocycles. The van der Waals surface area contributed by atoms with E-state index in [9.17, 15) is 0 Å². The normalized spacial score (nSPS) is 10.2. The average Bonchev–Trinajstić information content (AvgIpc) is 2.39. The first-order valence-corrected chi connectivity index (χ1v) is 6.12. The fraction of sp³-hybridized carbons (Fsp3) is 0.182. The van der Waals surface area contributed by atoms with Gasteiger partial charge in [-0.15, -0.1) is 0 Å². The van der Waals surface area contributed by atoms with Crippen LogP contribution in [0.15, 0.2) is 29.1 Å². The van der Waals surface area contributed by atoms with Gasteiger partial charge in [0.05, 0.1) is 4.47 Å². The van der Waals surface area contributed by atoms with Crippen LogP contribution in [0.1, 0.15) is 11.1 Å². The molecular weight excluding hydrogens is 296 g/mol. The van der Waals surface area contributed by atoms with Gasteiger partial charge in [-0.25, -0.2) is 10.8 Å². The van der Waals surface area contributed by atoms with E-state index >= 15 is 0 Å². The Hall–Kier alpha value is -1.73. The number of nitrogens with two attached hydrogens (primary N) is 1. The van der Waals surface area contributed by atoms with Crippen LogP contribution in [0.5, 0.6) is 0 Å². The molecule has 2 rings (SSSR count). The number of halogens is 1. The molecule has 0 saturated carbocycles. The fourth-order valence-electron chi connectivity index (χ4n) is 1.42. The summed E-state index contributed by atoms with van der Waals surface area (Å²) >= 11 is 3.38. The van der Waals surface area contributed by atoms with Crippen LogP contribution in [0.4, 0.5) is 11.8 Å². The standard InChI is InChI=1S/C11H13BrN6/c1-7-2-3-14-4-8(7)5-15-10-9(12)6-16-11(17-10)18-13/h2-4,6H,5,13H2,1H3,(H2,15,16,17,18). The molecule has 6 nitrogen and oxygen atoms in total. The van der Waals surface area contributed by atoms with Crippen LogP contribution >= 0.6 is 15.9 Å². The van der Waals surface area contributed by atoms with Crippen molar-refractivity contribution in [2.24, 2.45) is 5.84 Å². The second-order valence-electron chi connectivity index (χ2n) is 3.69. The number of nitrogens with one attached hydrogen (secondary N) is 2. The number of nitrogens with zero attached hydrogens (tertiary/aromatic N) is 3. The van der Waals surface area contributed by atoms with E-state index in [-0.39, 0.29) is 0 Å². The van der Waals surface area contributed by atoms with Crippen LogP contribution in [0.25, 0.3) is 0 Å². The lowest BCUT2D eigenvalue weighted by molar-refractivity contribution is 1.03. The molecule has 2 heterocycles. The van der Waals surface area contributed by atoms with Gasteiger partial charge < -0.3 is 5.32 Å². The summed E-state index contributed by atoms with van der Waals surface area (Å²) in [7, 11) is 0. The third-order valence-corrected chi connectivity index (χ3v) is 3.05. The van der Waals surface area contributed by atoms with Crippen LogP contribution in [-0.4, -0.2) is 15.0 Å². The molecule has 2 aromatic heterocycles. The smallest absolute Gasteiger partial charge is 0.239 e. The molecule has 0 aromatic carbocycles. The van der Waals surface area contributed by atoms with Crippen molar-refractivity contribution in [2.45, 2.75) is 13.5 Å². The molecule has 94 valence electrons. The molecule has 2 aromatic rings. The van der Waals surface area contributed by atoms with E-state index in [4.69, 9.17) is 5.84 Å². The molecule has 0 bridgehead atoms. The number of anilines is 2. The maximum atomic E-state index is 5.27. The first-order chi connectivity index (χ1) is 8.70. The summed E-state index contributed by atoms with van der Waals surface area (Å²) < 4.78 is 0.781. The summed E-state index contributed by atoms with van der Waals surface area (Å²) in [6.45, 7) is 2.68. The maximum absolute atomic E-state index is 5.27. The Morgan fingerprint density at radius 3 is 2.94 bits per heavy atom. The van der Waals surface area contributed by atoms with Crippen LogP contribution in [0.3, 0.4) is 0 Å². The van der Waals surface area contributed by atoms with Crippen LogP contribution in [-0.2, 0) is 6.54 Å². The second-order valence-corrected chi connectivity index (χ2v) is 4.54. The van der Waals surface area contributed by atoms with Crippen molar-refractivity contribution in [3.05, 3.63) is 40.3 Å². The fourth-order valence-corrected chi connectivity index (χ4v) is 1.75. The molecule has 0 radical (unpaired) electrons. The SMILES string of the molecule is Cc1ccncc1CNc1nc(NN)ncc1Br. The Balaban J connectivity index is 2.13. The zero-order valence-corrected chi connectivity index (χ0v) is 11.4. The second kappa shape index (κ2) is 5.74. The number of nitrogen functional groups attached to an aromatic ring is 1. The van der Waals surface area contributed by atoms with E-state index in [1.54, 1.807) is 12.4 Å². The van der Waals surface area contributed by atoms with Crippen LogP contribution in [0.2, 0.25) is 0 Å². The third kappa shape index (κ3) is 2.93. The van der Waals surface area contributed by atoms with E-state index < -0.39 is 0 Å². The zero-order chi connectivity index (χ0) is 13.0. The number of hydrazine groups is 1. The van der Waals surface area contributed by atoms with Crippen molar-refractivity contribution in [3.63, 3.8) is 0 Å². The number of rotatable bonds is 4. The predicted octanol–water partition coefficient (Wildman–Crippen LogP) is 1.84. The van der Waals surface area contributed by atoms with Gasteiger partial charge in [0, 0.05) is 25.1 Å². The molecule has 0 aliphatic rings. The summed E-state index contributed by atoms with van der Waals surface area (Å²) in [4.78, 5) is 12.3. The Morgan fingerprint density at radius 1 is 1.39 bits per heavy atom. The molecule has 0 aliphatic carbocycles. The van der Waals surface area contributed by atoms with Gasteiger partial charge in [-0.05, 0) is 40.0 Å². The van der Waals surface area contributed by atoms with Crippen LogP contribution in [0, 0.1) is 6.92 Å². The summed E-state index contributed by atoms with van der Waals surface area (Å²) in [5.41, 5.74) is 4.71. The summed E-state index contributed by atoms with van der Waals surface area (Å²) in [6.07, 6.45) is 5.25. The zero-order valence-electron chi connectivity index (χ0n) is 9.81. The molecule has 0 saturated heterocycles. The highest BCUT2D eigenvalue weighted by atomic mass is 79.9. The first kappa shape index (κ1) is 12.7. The van der Waals surface area contributed by atoms with Crippen molar-refractivity contribution in [2.75, 3.05) is 10.7 Å².